The second-order valence-electron chi connectivity index (χ2n) is 6.11. The molecular formula is C19H20FNO4. The molecule has 1 saturated heterocycles. The van der Waals surface area contributed by atoms with Gasteiger partial charge in [-0.3, -0.25) is 4.79 Å². The first-order valence-corrected chi connectivity index (χ1v) is 8.09. The number of rotatable bonds is 4. The van der Waals surface area contributed by atoms with Gasteiger partial charge in [0.05, 0.1) is 19.8 Å². The van der Waals surface area contributed by atoms with E-state index in [1.54, 1.807) is 12.1 Å². The highest BCUT2D eigenvalue weighted by atomic mass is 19.1. The highest BCUT2D eigenvalue weighted by Crippen LogP contribution is 2.18. The minimum absolute atomic E-state index is 0.00418. The van der Waals surface area contributed by atoms with Crippen LogP contribution in [0, 0.1) is 5.82 Å². The molecule has 1 aliphatic heterocycles. The van der Waals surface area contributed by atoms with E-state index in [-0.39, 0.29) is 25.7 Å². The van der Waals surface area contributed by atoms with Crippen LogP contribution in [0.3, 0.4) is 0 Å². The zero-order valence-electron chi connectivity index (χ0n) is 13.7. The number of carbonyl (C=O) groups is 1. The van der Waals surface area contributed by atoms with Crippen LogP contribution in [0.4, 0.5) is 4.39 Å². The van der Waals surface area contributed by atoms with Crippen molar-refractivity contribution in [2.75, 3.05) is 32.9 Å². The number of benzene rings is 2. The molecule has 0 aliphatic carbocycles. The van der Waals surface area contributed by atoms with Crippen molar-refractivity contribution in [3.05, 3.63) is 66.0 Å². The molecule has 1 atom stereocenters. The molecule has 0 radical (unpaired) electrons. The summed E-state index contributed by atoms with van der Waals surface area (Å²) in [5.74, 6) is -0.0382. The lowest BCUT2D eigenvalue weighted by molar-refractivity contribution is -0.0621. The predicted molar refractivity (Wildman–Crippen MR) is 90.0 cm³/mol. The monoisotopic (exact) mass is 345 g/mol. The lowest BCUT2D eigenvalue weighted by atomic mass is 10.1. The van der Waals surface area contributed by atoms with Crippen LogP contribution in [0.5, 0.6) is 5.75 Å². The van der Waals surface area contributed by atoms with Gasteiger partial charge in [-0.05, 0) is 36.4 Å². The van der Waals surface area contributed by atoms with Gasteiger partial charge in [0.1, 0.15) is 23.8 Å². The summed E-state index contributed by atoms with van der Waals surface area (Å²) in [4.78, 5) is 14.1. The molecule has 1 unspecified atom stereocenters. The van der Waals surface area contributed by atoms with Crippen molar-refractivity contribution in [1.29, 1.82) is 0 Å². The van der Waals surface area contributed by atoms with E-state index < -0.39 is 11.4 Å². The minimum atomic E-state index is -1.32. The van der Waals surface area contributed by atoms with Crippen molar-refractivity contribution in [2.45, 2.75) is 5.60 Å². The number of amides is 1. The van der Waals surface area contributed by atoms with E-state index in [1.165, 1.54) is 29.2 Å². The first-order chi connectivity index (χ1) is 12.1. The molecule has 2 aromatic carbocycles. The summed E-state index contributed by atoms with van der Waals surface area (Å²) in [6.45, 7) is 0.831. The fraction of sp³-hybridized carbons (Fsp3) is 0.316. The van der Waals surface area contributed by atoms with Crippen molar-refractivity contribution < 1.29 is 23.8 Å². The Kier molecular flexibility index (Phi) is 5.31. The third-order valence-electron chi connectivity index (χ3n) is 3.99. The lowest BCUT2D eigenvalue weighted by Crippen LogP contribution is -2.50. The van der Waals surface area contributed by atoms with E-state index in [9.17, 15) is 14.3 Å². The van der Waals surface area contributed by atoms with Crippen LogP contribution in [-0.4, -0.2) is 54.4 Å². The van der Waals surface area contributed by atoms with Crippen molar-refractivity contribution in [2.24, 2.45) is 0 Å². The fourth-order valence-corrected chi connectivity index (χ4v) is 2.69. The Bertz CT molecular complexity index is 707. The molecule has 1 fully saturated rings. The van der Waals surface area contributed by atoms with Crippen LogP contribution in [0.15, 0.2) is 54.6 Å². The summed E-state index contributed by atoms with van der Waals surface area (Å²) in [7, 11) is 0. The molecule has 132 valence electrons. The van der Waals surface area contributed by atoms with Crippen molar-refractivity contribution in [1.82, 2.24) is 4.90 Å². The van der Waals surface area contributed by atoms with E-state index in [4.69, 9.17) is 9.47 Å². The van der Waals surface area contributed by atoms with E-state index in [0.717, 1.165) is 0 Å². The number of nitrogens with zero attached hydrogens (tertiary/aromatic N) is 1. The number of hydrogen-bond donors (Lipinski definition) is 1. The molecule has 1 heterocycles. The Morgan fingerprint density at radius 2 is 1.92 bits per heavy atom. The second kappa shape index (κ2) is 7.63. The smallest absolute Gasteiger partial charge is 0.254 e. The van der Waals surface area contributed by atoms with Crippen molar-refractivity contribution in [3.8, 4) is 5.75 Å². The van der Waals surface area contributed by atoms with E-state index in [2.05, 4.69) is 0 Å². The van der Waals surface area contributed by atoms with Gasteiger partial charge < -0.3 is 19.5 Å². The first-order valence-electron chi connectivity index (χ1n) is 8.09. The van der Waals surface area contributed by atoms with Crippen LogP contribution in [0.25, 0.3) is 0 Å². The average Bonchev–Trinajstić information content (AvgIpc) is 2.83. The third kappa shape index (κ3) is 4.55. The van der Waals surface area contributed by atoms with Gasteiger partial charge in [0.2, 0.25) is 0 Å². The number of para-hydroxylation sites is 1. The summed E-state index contributed by atoms with van der Waals surface area (Å²) >= 11 is 0. The van der Waals surface area contributed by atoms with Gasteiger partial charge in [-0.15, -0.1) is 0 Å². The number of ether oxygens (including phenoxy) is 2. The second-order valence-corrected chi connectivity index (χ2v) is 6.11. The minimum Gasteiger partial charge on any atom is -0.490 e. The van der Waals surface area contributed by atoms with Gasteiger partial charge in [-0.2, -0.15) is 0 Å². The van der Waals surface area contributed by atoms with Crippen molar-refractivity contribution >= 4 is 5.91 Å². The first kappa shape index (κ1) is 17.4. The molecule has 0 bridgehead atoms. The number of β-amino-alcohol motifs (C(OH)–C–C–N with tert-alkyl or cyclic N) is 1. The van der Waals surface area contributed by atoms with Crippen molar-refractivity contribution in [3.63, 3.8) is 0 Å². The molecule has 1 aliphatic rings. The summed E-state index contributed by atoms with van der Waals surface area (Å²) in [6, 6.07) is 14.5. The van der Waals surface area contributed by atoms with E-state index in [0.29, 0.717) is 24.5 Å². The standard InChI is InChI=1S/C19H20FNO4/c20-16-8-6-15(7-9-16)18(22)21-10-11-24-13-19(23,12-21)14-25-17-4-2-1-3-5-17/h1-9,23H,10-14H2. The Labute approximate surface area is 145 Å². The van der Waals surface area contributed by atoms with Crippen LogP contribution in [0.2, 0.25) is 0 Å². The quantitative estimate of drug-likeness (QED) is 0.922. The van der Waals surface area contributed by atoms with Crippen LogP contribution >= 0.6 is 0 Å². The molecule has 0 saturated carbocycles. The van der Waals surface area contributed by atoms with E-state index >= 15 is 0 Å². The van der Waals surface area contributed by atoms with Gasteiger partial charge in [-0.25, -0.2) is 4.39 Å². The maximum atomic E-state index is 13.0. The molecule has 1 N–H and O–H groups in total. The molecule has 0 aromatic heterocycles. The maximum Gasteiger partial charge on any atom is 0.254 e. The molecular weight excluding hydrogens is 325 g/mol. The molecule has 5 nitrogen and oxygen atoms in total. The molecule has 6 heteroatoms. The highest BCUT2D eigenvalue weighted by Gasteiger charge is 2.35. The summed E-state index contributed by atoms with van der Waals surface area (Å²) < 4.78 is 24.1. The average molecular weight is 345 g/mol. The van der Waals surface area contributed by atoms with Gasteiger partial charge in [0.15, 0.2) is 0 Å². The van der Waals surface area contributed by atoms with Crippen LogP contribution < -0.4 is 4.74 Å². The van der Waals surface area contributed by atoms with E-state index in [1.807, 2.05) is 18.2 Å². The molecule has 25 heavy (non-hydrogen) atoms. The van der Waals surface area contributed by atoms with Gasteiger partial charge >= 0.3 is 0 Å². The normalized spacial score (nSPS) is 20.8. The molecule has 3 rings (SSSR count). The Balaban J connectivity index is 1.69. The number of hydrogen-bond acceptors (Lipinski definition) is 4. The number of carbonyl (C=O) groups excluding carboxylic acids is 1. The molecule has 0 spiro atoms. The summed E-state index contributed by atoms with van der Waals surface area (Å²) in [5, 5.41) is 10.8. The lowest BCUT2D eigenvalue weighted by Gasteiger charge is -2.30. The largest absolute Gasteiger partial charge is 0.490 e. The number of aliphatic hydroxyl groups is 1. The topological polar surface area (TPSA) is 59.0 Å². The number of halogens is 1. The SMILES string of the molecule is O=C(c1ccc(F)cc1)N1CCOCC(O)(COc2ccccc2)C1. The van der Waals surface area contributed by atoms with Crippen LogP contribution in [-0.2, 0) is 4.74 Å². The molecule has 1 amide bonds. The summed E-state index contributed by atoms with van der Waals surface area (Å²) in [6.07, 6.45) is 0. The zero-order valence-corrected chi connectivity index (χ0v) is 13.7. The molecule has 2 aromatic rings. The fourth-order valence-electron chi connectivity index (χ4n) is 2.69. The Morgan fingerprint density at radius 3 is 2.64 bits per heavy atom. The predicted octanol–water partition coefficient (Wildman–Crippen LogP) is 2.11. The Morgan fingerprint density at radius 1 is 1.20 bits per heavy atom. The summed E-state index contributed by atoms with van der Waals surface area (Å²) in [5.41, 5.74) is -0.947. The Hall–Kier alpha value is -2.44. The zero-order chi connectivity index (χ0) is 17.7. The maximum absolute atomic E-state index is 13.0. The highest BCUT2D eigenvalue weighted by molar-refractivity contribution is 5.94. The van der Waals surface area contributed by atoms with Gasteiger partial charge in [0.25, 0.3) is 5.91 Å². The third-order valence-corrected chi connectivity index (χ3v) is 3.99. The van der Waals surface area contributed by atoms with Crippen LogP contribution in [0.1, 0.15) is 10.4 Å². The van der Waals surface area contributed by atoms with Gasteiger partial charge in [0, 0.05) is 12.1 Å². The van der Waals surface area contributed by atoms with Gasteiger partial charge in [-0.1, -0.05) is 18.2 Å².